The fraction of sp³-hybridized carbons (Fsp3) is 0.0698. The lowest BCUT2D eigenvalue weighted by Gasteiger charge is -2.23. The highest BCUT2D eigenvalue weighted by Gasteiger charge is 2.36. The van der Waals surface area contributed by atoms with Gasteiger partial charge in [0.2, 0.25) is 0 Å². The van der Waals surface area contributed by atoms with Crippen molar-refractivity contribution in [2.45, 2.75) is 19.3 Å². The molecule has 0 aromatic heterocycles. The molecular weight excluding hydrogens is 516 g/mol. The fourth-order valence-electron chi connectivity index (χ4n) is 7.56. The van der Waals surface area contributed by atoms with Crippen molar-refractivity contribution in [1.82, 2.24) is 0 Å². The van der Waals surface area contributed by atoms with Gasteiger partial charge in [0.05, 0.1) is 0 Å². The van der Waals surface area contributed by atoms with Crippen LogP contribution in [0.3, 0.4) is 0 Å². The standard InChI is InChI=1S/C43H30/c1-43(2)39-25-33(29-13-11-28(12-14-29)27-7-4-3-5-8-27)19-22-36(39)37-23-20-34(26-40(37)43)35-21-17-32-16-15-30-9-6-10-31-18-24-38(35)42(32)41(30)31/h3-26H,1-2H3. The molecule has 0 heteroatoms. The van der Waals surface area contributed by atoms with Crippen LogP contribution in [-0.2, 0) is 5.41 Å². The Bertz CT molecular complexity index is 2320. The van der Waals surface area contributed by atoms with Gasteiger partial charge >= 0.3 is 0 Å². The predicted molar refractivity (Wildman–Crippen MR) is 184 cm³/mol. The van der Waals surface area contributed by atoms with Gasteiger partial charge in [0.1, 0.15) is 0 Å². The summed E-state index contributed by atoms with van der Waals surface area (Å²) in [5.41, 5.74) is 13.0. The van der Waals surface area contributed by atoms with Crippen LogP contribution in [0.1, 0.15) is 25.0 Å². The van der Waals surface area contributed by atoms with E-state index in [1.54, 1.807) is 0 Å². The van der Waals surface area contributed by atoms with Crippen molar-refractivity contribution in [2.75, 3.05) is 0 Å². The summed E-state index contributed by atoms with van der Waals surface area (Å²) in [5, 5.41) is 8.00. The molecule has 1 aliphatic rings. The number of benzene rings is 8. The summed E-state index contributed by atoms with van der Waals surface area (Å²) in [7, 11) is 0. The lowest BCUT2D eigenvalue weighted by molar-refractivity contribution is 0.661. The summed E-state index contributed by atoms with van der Waals surface area (Å²) >= 11 is 0. The SMILES string of the molecule is CC1(C)c2cc(-c3ccc(-c4ccccc4)cc3)ccc2-c2ccc(-c3ccc4ccc5cccc6ccc3c4c56)cc21. The molecule has 0 nitrogen and oxygen atoms in total. The zero-order chi connectivity index (χ0) is 28.7. The Morgan fingerprint density at radius 2 is 0.837 bits per heavy atom. The summed E-state index contributed by atoms with van der Waals surface area (Å²) in [6.45, 7) is 4.77. The largest absolute Gasteiger partial charge is 0.0622 e. The predicted octanol–water partition coefficient (Wildman–Crippen LogP) is 11.9. The second-order valence-electron chi connectivity index (χ2n) is 12.6. The second kappa shape index (κ2) is 8.90. The molecule has 0 saturated carbocycles. The molecule has 8 aromatic rings. The Labute approximate surface area is 252 Å². The number of fused-ring (bicyclic) bond motifs is 3. The van der Waals surface area contributed by atoms with E-state index in [4.69, 9.17) is 0 Å². The first-order valence-corrected chi connectivity index (χ1v) is 15.2. The zero-order valence-electron chi connectivity index (χ0n) is 24.4. The summed E-state index contributed by atoms with van der Waals surface area (Å²) in [4.78, 5) is 0. The number of rotatable bonds is 3. The van der Waals surface area contributed by atoms with Crippen molar-refractivity contribution >= 4 is 32.3 Å². The van der Waals surface area contributed by atoms with Crippen LogP contribution >= 0.6 is 0 Å². The van der Waals surface area contributed by atoms with Gasteiger partial charge in [0.15, 0.2) is 0 Å². The third-order valence-corrected chi connectivity index (χ3v) is 9.84. The van der Waals surface area contributed by atoms with Crippen LogP contribution < -0.4 is 0 Å². The Morgan fingerprint density at radius 1 is 0.349 bits per heavy atom. The quantitative estimate of drug-likeness (QED) is 0.193. The maximum Gasteiger partial charge on any atom is 0.0159 e. The molecule has 43 heavy (non-hydrogen) atoms. The zero-order valence-corrected chi connectivity index (χ0v) is 24.4. The highest BCUT2D eigenvalue weighted by molar-refractivity contribution is 6.25. The summed E-state index contributed by atoms with van der Waals surface area (Å²) in [5.74, 6) is 0. The van der Waals surface area contributed by atoms with E-state index in [0.717, 1.165) is 0 Å². The molecule has 0 unspecified atom stereocenters. The van der Waals surface area contributed by atoms with Crippen LogP contribution in [0.4, 0.5) is 0 Å². The fourth-order valence-corrected chi connectivity index (χ4v) is 7.56. The molecule has 0 fully saturated rings. The normalized spacial score (nSPS) is 13.5. The molecule has 1 aliphatic carbocycles. The van der Waals surface area contributed by atoms with Gasteiger partial charge in [-0.05, 0) is 100 Å². The lowest BCUT2D eigenvalue weighted by Crippen LogP contribution is -2.15. The summed E-state index contributed by atoms with van der Waals surface area (Å²) in [6, 6.07) is 54.1. The van der Waals surface area contributed by atoms with Gasteiger partial charge in [-0.2, -0.15) is 0 Å². The van der Waals surface area contributed by atoms with Crippen LogP contribution in [0.15, 0.2) is 146 Å². The Balaban J connectivity index is 1.13. The molecule has 0 N–H and O–H groups in total. The van der Waals surface area contributed by atoms with E-state index in [9.17, 15) is 0 Å². The molecule has 9 rings (SSSR count). The first kappa shape index (κ1) is 24.4. The monoisotopic (exact) mass is 546 g/mol. The average Bonchev–Trinajstić information content (AvgIpc) is 3.29. The first-order chi connectivity index (χ1) is 21.1. The van der Waals surface area contributed by atoms with E-state index in [1.165, 1.54) is 88.0 Å². The summed E-state index contributed by atoms with van der Waals surface area (Å²) in [6.07, 6.45) is 0. The minimum Gasteiger partial charge on any atom is -0.0622 e. The molecule has 0 radical (unpaired) electrons. The van der Waals surface area contributed by atoms with Crippen molar-refractivity contribution in [1.29, 1.82) is 0 Å². The molecule has 0 saturated heterocycles. The van der Waals surface area contributed by atoms with E-state index in [2.05, 4.69) is 159 Å². The third kappa shape index (κ3) is 3.57. The van der Waals surface area contributed by atoms with E-state index >= 15 is 0 Å². The van der Waals surface area contributed by atoms with Crippen LogP contribution in [0.5, 0.6) is 0 Å². The average molecular weight is 547 g/mol. The maximum absolute atomic E-state index is 2.45. The van der Waals surface area contributed by atoms with Crippen molar-refractivity contribution in [2.24, 2.45) is 0 Å². The van der Waals surface area contributed by atoms with Crippen molar-refractivity contribution < 1.29 is 0 Å². The van der Waals surface area contributed by atoms with Gasteiger partial charge < -0.3 is 0 Å². The minimum atomic E-state index is -0.0928. The van der Waals surface area contributed by atoms with Gasteiger partial charge in [0, 0.05) is 5.41 Å². The van der Waals surface area contributed by atoms with Gasteiger partial charge in [-0.15, -0.1) is 0 Å². The molecule has 0 atom stereocenters. The smallest absolute Gasteiger partial charge is 0.0159 e. The van der Waals surface area contributed by atoms with Crippen LogP contribution in [-0.4, -0.2) is 0 Å². The minimum absolute atomic E-state index is 0.0928. The van der Waals surface area contributed by atoms with Crippen molar-refractivity contribution in [3.8, 4) is 44.5 Å². The molecule has 0 heterocycles. The van der Waals surface area contributed by atoms with Gasteiger partial charge in [-0.25, -0.2) is 0 Å². The Morgan fingerprint density at radius 3 is 1.53 bits per heavy atom. The highest BCUT2D eigenvalue weighted by Crippen LogP contribution is 2.51. The maximum atomic E-state index is 2.45. The molecule has 202 valence electrons. The first-order valence-electron chi connectivity index (χ1n) is 15.2. The van der Waals surface area contributed by atoms with Crippen molar-refractivity contribution in [3.63, 3.8) is 0 Å². The van der Waals surface area contributed by atoms with E-state index in [-0.39, 0.29) is 5.41 Å². The highest BCUT2D eigenvalue weighted by atomic mass is 14.4. The topological polar surface area (TPSA) is 0 Å². The van der Waals surface area contributed by atoms with E-state index in [1.807, 2.05) is 0 Å². The Kier molecular flexibility index (Phi) is 5.05. The molecule has 8 aromatic carbocycles. The Hall–Kier alpha value is -5.20. The molecule has 0 spiro atoms. The van der Waals surface area contributed by atoms with Crippen molar-refractivity contribution in [3.05, 3.63) is 157 Å². The number of hydrogen-bond donors (Lipinski definition) is 0. The number of hydrogen-bond acceptors (Lipinski definition) is 0. The van der Waals surface area contributed by atoms with E-state index in [0.29, 0.717) is 0 Å². The molecule has 0 bridgehead atoms. The second-order valence-corrected chi connectivity index (χ2v) is 12.6. The lowest BCUT2D eigenvalue weighted by atomic mass is 9.80. The van der Waals surface area contributed by atoms with E-state index < -0.39 is 0 Å². The van der Waals surface area contributed by atoms with Crippen LogP contribution in [0.2, 0.25) is 0 Å². The van der Waals surface area contributed by atoms with Crippen LogP contribution in [0.25, 0.3) is 76.8 Å². The third-order valence-electron chi connectivity index (χ3n) is 9.84. The molecule has 0 amide bonds. The van der Waals surface area contributed by atoms with Gasteiger partial charge in [-0.3, -0.25) is 0 Å². The van der Waals surface area contributed by atoms with Crippen LogP contribution in [0, 0.1) is 0 Å². The summed E-state index contributed by atoms with van der Waals surface area (Å²) < 4.78 is 0. The van der Waals surface area contributed by atoms with Gasteiger partial charge in [-0.1, -0.05) is 147 Å². The molecular formula is C43H30. The molecule has 0 aliphatic heterocycles. The van der Waals surface area contributed by atoms with Gasteiger partial charge in [0.25, 0.3) is 0 Å².